The second kappa shape index (κ2) is 7.52. The summed E-state index contributed by atoms with van der Waals surface area (Å²) in [4.78, 5) is 24.2. The molecule has 6 nitrogen and oxygen atoms in total. The smallest absolute Gasteiger partial charge is 0.340 e. The van der Waals surface area contributed by atoms with Crippen molar-refractivity contribution in [1.29, 1.82) is 5.26 Å². The highest BCUT2D eigenvalue weighted by molar-refractivity contribution is 5.92. The molecule has 24 heavy (non-hydrogen) atoms. The highest BCUT2D eigenvalue weighted by atomic mass is 16.5. The van der Waals surface area contributed by atoms with Crippen LogP contribution in [0, 0.1) is 31.1 Å². The molecule has 0 bridgehead atoms. The summed E-state index contributed by atoms with van der Waals surface area (Å²) >= 11 is 0. The maximum atomic E-state index is 12.2. The van der Waals surface area contributed by atoms with E-state index in [0.717, 1.165) is 11.4 Å². The number of aryl methyl sites for hydroxylation is 1. The van der Waals surface area contributed by atoms with E-state index in [1.54, 1.807) is 13.0 Å². The Morgan fingerprint density at radius 3 is 2.33 bits per heavy atom. The van der Waals surface area contributed by atoms with Crippen LogP contribution >= 0.6 is 0 Å². The molecule has 0 aliphatic heterocycles. The number of carbonyl (C=O) groups is 2. The van der Waals surface area contributed by atoms with Crippen molar-refractivity contribution in [3.05, 3.63) is 23.0 Å². The lowest BCUT2D eigenvalue weighted by Gasteiger charge is -2.27. The first kappa shape index (κ1) is 19.8. The molecule has 0 saturated heterocycles. The van der Waals surface area contributed by atoms with E-state index in [2.05, 4.69) is 11.4 Å². The van der Waals surface area contributed by atoms with Gasteiger partial charge in [-0.1, -0.05) is 13.8 Å². The number of amides is 1. The van der Waals surface area contributed by atoms with Gasteiger partial charge in [0.05, 0.1) is 11.6 Å². The first-order valence-electron chi connectivity index (χ1n) is 8.11. The van der Waals surface area contributed by atoms with Crippen molar-refractivity contribution in [2.24, 2.45) is 5.92 Å². The molecule has 1 atom stereocenters. The van der Waals surface area contributed by atoms with E-state index in [4.69, 9.17) is 4.74 Å². The molecule has 1 aromatic heterocycles. The van der Waals surface area contributed by atoms with E-state index in [1.165, 1.54) is 0 Å². The monoisotopic (exact) mass is 333 g/mol. The van der Waals surface area contributed by atoms with Crippen LogP contribution in [0.2, 0.25) is 0 Å². The minimum absolute atomic E-state index is 0.0629. The Morgan fingerprint density at radius 2 is 1.92 bits per heavy atom. The van der Waals surface area contributed by atoms with Crippen molar-refractivity contribution in [3.8, 4) is 6.07 Å². The van der Waals surface area contributed by atoms with Gasteiger partial charge in [-0.05, 0) is 46.6 Å². The van der Waals surface area contributed by atoms with Gasteiger partial charge in [-0.3, -0.25) is 4.79 Å². The summed E-state index contributed by atoms with van der Waals surface area (Å²) in [5.74, 6) is -1.08. The predicted molar refractivity (Wildman–Crippen MR) is 91.6 cm³/mol. The van der Waals surface area contributed by atoms with Gasteiger partial charge in [0.25, 0.3) is 5.91 Å². The normalized spacial score (nSPS) is 13.5. The number of nitrogens with zero attached hydrogens (tertiary/aromatic N) is 2. The number of aromatic nitrogens is 1. The largest absolute Gasteiger partial charge is 0.452 e. The third-order valence-electron chi connectivity index (χ3n) is 4.34. The van der Waals surface area contributed by atoms with Gasteiger partial charge >= 0.3 is 5.97 Å². The number of carbonyl (C=O) groups excluding carboxylic acids is 2. The summed E-state index contributed by atoms with van der Waals surface area (Å²) in [5, 5.41) is 11.8. The first-order valence-corrected chi connectivity index (χ1v) is 8.11. The fourth-order valence-electron chi connectivity index (χ4n) is 2.61. The average molecular weight is 333 g/mol. The summed E-state index contributed by atoms with van der Waals surface area (Å²) in [6, 6.07) is 4.09. The number of hydrogen-bond donors (Lipinski definition) is 1. The van der Waals surface area contributed by atoms with Crippen molar-refractivity contribution in [1.82, 2.24) is 9.88 Å². The topological polar surface area (TPSA) is 84.1 Å². The van der Waals surface area contributed by atoms with Crippen LogP contribution in [0.15, 0.2) is 6.07 Å². The van der Waals surface area contributed by atoms with Crippen molar-refractivity contribution in [3.63, 3.8) is 0 Å². The van der Waals surface area contributed by atoms with Crippen LogP contribution in [0.25, 0.3) is 0 Å². The van der Waals surface area contributed by atoms with Gasteiger partial charge in [-0.2, -0.15) is 5.26 Å². The van der Waals surface area contributed by atoms with Crippen molar-refractivity contribution >= 4 is 11.9 Å². The molecule has 1 aromatic rings. The summed E-state index contributed by atoms with van der Waals surface area (Å²) < 4.78 is 7.16. The molecular weight excluding hydrogens is 306 g/mol. The van der Waals surface area contributed by atoms with Crippen LogP contribution in [-0.4, -0.2) is 28.6 Å². The maximum Gasteiger partial charge on any atom is 0.340 e. The Balaban J connectivity index is 2.76. The van der Waals surface area contributed by atoms with Crippen LogP contribution in [0.5, 0.6) is 0 Å². The van der Waals surface area contributed by atoms with E-state index < -0.39 is 24.0 Å². The van der Waals surface area contributed by atoms with Crippen LogP contribution in [-0.2, 0) is 9.53 Å². The van der Waals surface area contributed by atoms with Gasteiger partial charge < -0.3 is 14.6 Å². The molecule has 0 unspecified atom stereocenters. The molecule has 0 fully saturated rings. The van der Waals surface area contributed by atoms with Crippen LogP contribution < -0.4 is 5.32 Å². The Morgan fingerprint density at radius 1 is 1.33 bits per heavy atom. The number of rotatable bonds is 6. The first-order chi connectivity index (χ1) is 11.0. The lowest BCUT2D eigenvalue weighted by molar-refractivity contribution is -0.125. The van der Waals surface area contributed by atoms with Crippen molar-refractivity contribution < 1.29 is 14.3 Å². The zero-order valence-corrected chi connectivity index (χ0v) is 15.6. The molecule has 0 radical (unpaired) electrons. The van der Waals surface area contributed by atoms with Gasteiger partial charge in [0.15, 0.2) is 6.61 Å². The Labute approximate surface area is 143 Å². The number of nitrogens with one attached hydrogen (secondary N) is 1. The minimum atomic E-state index is -0.989. The summed E-state index contributed by atoms with van der Waals surface area (Å²) in [7, 11) is 0. The van der Waals surface area contributed by atoms with Crippen LogP contribution in [0.4, 0.5) is 0 Å². The molecule has 0 aliphatic carbocycles. The highest BCUT2D eigenvalue weighted by Gasteiger charge is 2.30. The van der Waals surface area contributed by atoms with Crippen LogP contribution in [0.1, 0.15) is 62.4 Å². The second-order valence-electron chi connectivity index (χ2n) is 6.84. The Hall–Kier alpha value is -2.29. The molecule has 132 valence electrons. The van der Waals surface area contributed by atoms with Gasteiger partial charge in [0.1, 0.15) is 5.54 Å². The summed E-state index contributed by atoms with van der Waals surface area (Å²) in [6.45, 7) is 12.8. The Bertz CT molecular complexity index is 668. The quantitative estimate of drug-likeness (QED) is 0.811. The number of esters is 1. The highest BCUT2D eigenvalue weighted by Crippen LogP contribution is 2.21. The molecule has 1 amide bonds. The summed E-state index contributed by atoms with van der Waals surface area (Å²) in [5.41, 5.74) is 1.25. The molecule has 6 heteroatoms. The molecule has 1 rings (SSSR count). The predicted octanol–water partition coefficient (Wildman–Crippen LogP) is 2.90. The minimum Gasteiger partial charge on any atom is -0.452 e. The lowest BCUT2D eigenvalue weighted by Crippen LogP contribution is -2.50. The van der Waals surface area contributed by atoms with Crippen molar-refractivity contribution in [2.45, 2.75) is 60.0 Å². The molecule has 0 saturated carbocycles. The molecule has 1 N–H and O–H groups in total. The van der Waals surface area contributed by atoms with E-state index >= 15 is 0 Å². The zero-order chi connectivity index (χ0) is 18.7. The number of hydrogen-bond acceptors (Lipinski definition) is 4. The van der Waals surface area contributed by atoms with E-state index in [0.29, 0.717) is 5.56 Å². The van der Waals surface area contributed by atoms with Gasteiger partial charge in [-0.25, -0.2) is 4.79 Å². The molecule has 0 aromatic carbocycles. The second-order valence-corrected chi connectivity index (χ2v) is 6.84. The molecule has 0 aliphatic rings. The zero-order valence-electron chi connectivity index (χ0n) is 15.6. The van der Waals surface area contributed by atoms with E-state index in [1.807, 2.05) is 46.1 Å². The van der Waals surface area contributed by atoms with Gasteiger partial charge in [0.2, 0.25) is 0 Å². The Kier molecular flexibility index (Phi) is 6.19. The third kappa shape index (κ3) is 4.16. The maximum absolute atomic E-state index is 12.2. The molecule has 1 heterocycles. The van der Waals surface area contributed by atoms with E-state index in [-0.39, 0.29) is 12.0 Å². The van der Waals surface area contributed by atoms with Crippen molar-refractivity contribution in [2.75, 3.05) is 6.61 Å². The average Bonchev–Trinajstić information content (AvgIpc) is 2.79. The summed E-state index contributed by atoms with van der Waals surface area (Å²) in [6.07, 6.45) is 0. The molecular formula is C18H27N3O3. The van der Waals surface area contributed by atoms with Gasteiger partial charge in [0, 0.05) is 17.4 Å². The standard InChI is InChI=1S/C18H27N3O3/c1-11(2)18(7,10-19)20-16(22)9-24-17(23)15-8-13(5)21(12(3)4)14(15)6/h8,11-12H,9H2,1-7H3,(H,20,22)/t18-/m1/s1. The number of nitriles is 1. The fourth-order valence-corrected chi connectivity index (χ4v) is 2.61. The third-order valence-corrected chi connectivity index (χ3v) is 4.34. The SMILES string of the molecule is Cc1cc(C(=O)OCC(=O)N[C@](C)(C#N)C(C)C)c(C)n1C(C)C. The lowest BCUT2D eigenvalue weighted by atomic mass is 9.90. The molecule has 0 spiro atoms. The van der Waals surface area contributed by atoms with Crippen LogP contribution in [0.3, 0.4) is 0 Å². The fraction of sp³-hybridized carbons (Fsp3) is 0.611. The number of ether oxygens (including phenoxy) is 1. The van der Waals surface area contributed by atoms with E-state index in [9.17, 15) is 14.9 Å². The van der Waals surface area contributed by atoms with Gasteiger partial charge in [-0.15, -0.1) is 0 Å².